The maximum absolute atomic E-state index is 10.9. The Kier molecular flexibility index (Phi) is 3.95. The summed E-state index contributed by atoms with van der Waals surface area (Å²) in [6, 6.07) is 10.2. The maximum atomic E-state index is 10.9. The zero-order chi connectivity index (χ0) is 15.7. The van der Waals surface area contributed by atoms with E-state index in [0.29, 0.717) is 0 Å². The van der Waals surface area contributed by atoms with E-state index in [1.54, 1.807) is 6.20 Å². The summed E-state index contributed by atoms with van der Waals surface area (Å²) in [5, 5.41) is 13.0. The van der Waals surface area contributed by atoms with Crippen molar-refractivity contribution in [2.45, 2.75) is 37.6 Å². The Morgan fingerprint density at radius 3 is 2.91 bits per heavy atom. The van der Waals surface area contributed by atoms with Crippen molar-refractivity contribution in [3.8, 4) is 0 Å². The topological polar surface area (TPSA) is 67.2 Å². The summed E-state index contributed by atoms with van der Waals surface area (Å²) < 4.78 is 1.08. The van der Waals surface area contributed by atoms with E-state index in [4.69, 9.17) is 5.11 Å². The number of nitrogens with one attached hydrogen (secondary N) is 1. The summed E-state index contributed by atoms with van der Waals surface area (Å²) in [4.78, 5) is 12.4. The minimum Gasteiger partial charge on any atom is -0.476 e. The number of benzene rings is 1. The third-order valence-corrected chi connectivity index (χ3v) is 5.17. The number of aromatic nitrogens is 2. The fraction of sp³-hybridized carbons (Fsp3) is 0.375. The van der Waals surface area contributed by atoms with Crippen LogP contribution in [0.4, 0.5) is 0 Å². The molecule has 0 radical (unpaired) electrons. The van der Waals surface area contributed by atoms with Crippen molar-refractivity contribution in [3.05, 3.63) is 52.3 Å². The van der Waals surface area contributed by atoms with Gasteiger partial charge in [-0.15, -0.1) is 5.10 Å². The molecule has 3 rings (SSSR count). The Balaban J connectivity index is 1.83. The molecular formula is C16H18BrN3O2. The highest BCUT2D eigenvalue weighted by Crippen LogP contribution is 2.47. The van der Waals surface area contributed by atoms with Crippen LogP contribution in [0, 0.1) is 0 Å². The summed E-state index contributed by atoms with van der Waals surface area (Å²) in [6.45, 7) is 2.19. The molecule has 0 bridgehead atoms. The molecule has 22 heavy (non-hydrogen) atoms. The van der Waals surface area contributed by atoms with Gasteiger partial charge in [-0.2, -0.15) is 4.79 Å². The Bertz CT molecular complexity index is 696. The molecule has 1 aromatic carbocycles. The number of hydrogen-bond acceptors (Lipinski definition) is 3. The zero-order valence-corrected chi connectivity index (χ0v) is 13.9. The Morgan fingerprint density at radius 2 is 2.36 bits per heavy atom. The van der Waals surface area contributed by atoms with E-state index in [1.807, 2.05) is 6.07 Å². The second-order valence-corrected chi connectivity index (χ2v) is 6.61. The molecule has 1 aliphatic carbocycles. The first-order chi connectivity index (χ1) is 10.5. The molecule has 1 fully saturated rings. The van der Waals surface area contributed by atoms with Crippen LogP contribution in [0.25, 0.3) is 0 Å². The van der Waals surface area contributed by atoms with Gasteiger partial charge in [-0.25, -0.2) is 4.79 Å². The molecule has 116 valence electrons. The van der Waals surface area contributed by atoms with Crippen LogP contribution in [-0.2, 0) is 5.41 Å². The highest BCUT2D eigenvalue weighted by molar-refractivity contribution is 9.10. The zero-order valence-electron chi connectivity index (χ0n) is 12.3. The third-order valence-electron chi connectivity index (χ3n) is 4.67. The average Bonchev–Trinajstić information content (AvgIpc) is 2.94. The first-order valence-electron chi connectivity index (χ1n) is 7.37. The van der Waals surface area contributed by atoms with Crippen LogP contribution in [-0.4, -0.2) is 27.0 Å². The van der Waals surface area contributed by atoms with E-state index in [9.17, 15) is 4.79 Å². The lowest BCUT2D eigenvalue weighted by Gasteiger charge is -2.50. The standard InChI is InChI=1S/C16H18BrN3O2/c1-2-16(11-4-3-5-12(17)10-11)8-6-14(16)19-20-9-7-13(18-20)15(21)22/h3-5,7,9-10,14,19H,2,6,8H2,1H3,(H,21,22). The number of carboxylic acid groups (broad SMARTS) is 1. The molecule has 2 aromatic rings. The van der Waals surface area contributed by atoms with Gasteiger partial charge >= 0.3 is 5.97 Å². The predicted molar refractivity (Wildman–Crippen MR) is 87.7 cm³/mol. The predicted octanol–water partition coefficient (Wildman–Crippen LogP) is 3.40. The number of rotatable bonds is 5. The molecule has 1 aliphatic rings. The smallest absolute Gasteiger partial charge is 0.356 e. The van der Waals surface area contributed by atoms with Crippen LogP contribution in [0.2, 0.25) is 0 Å². The Labute approximate surface area is 137 Å². The molecule has 1 heterocycles. The van der Waals surface area contributed by atoms with E-state index in [0.717, 1.165) is 23.7 Å². The van der Waals surface area contributed by atoms with E-state index in [-0.39, 0.29) is 17.2 Å². The first-order valence-corrected chi connectivity index (χ1v) is 8.16. The largest absolute Gasteiger partial charge is 0.476 e. The van der Waals surface area contributed by atoms with Crippen LogP contribution in [0.5, 0.6) is 0 Å². The Morgan fingerprint density at radius 1 is 1.55 bits per heavy atom. The van der Waals surface area contributed by atoms with Gasteiger partial charge in [0.25, 0.3) is 0 Å². The van der Waals surface area contributed by atoms with Crippen LogP contribution < -0.4 is 5.43 Å². The second kappa shape index (κ2) is 5.76. The molecule has 1 saturated carbocycles. The minimum absolute atomic E-state index is 0.0522. The van der Waals surface area contributed by atoms with Crippen molar-refractivity contribution >= 4 is 21.9 Å². The van der Waals surface area contributed by atoms with Gasteiger partial charge in [-0.1, -0.05) is 35.0 Å². The van der Waals surface area contributed by atoms with Crippen molar-refractivity contribution < 1.29 is 9.90 Å². The molecule has 6 heteroatoms. The van der Waals surface area contributed by atoms with Crippen molar-refractivity contribution in [2.24, 2.45) is 0 Å². The molecule has 0 spiro atoms. The summed E-state index contributed by atoms with van der Waals surface area (Å²) >= 11 is 3.54. The van der Waals surface area contributed by atoms with E-state index >= 15 is 0 Å². The van der Waals surface area contributed by atoms with Crippen molar-refractivity contribution in [3.63, 3.8) is 0 Å². The summed E-state index contributed by atoms with van der Waals surface area (Å²) in [6.07, 6.45) is 4.84. The summed E-state index contributed by atoms with van der Waals surface area (Å²) in [7, 11) is 0. The fourth-order valence-corrected chi connectivity index (χ4v) is 3.67. The molecule has 2 unspecified atom stereocenters. The SMILES string of the molecule is CCC1(c2cccc(Br)c2)CCC1Nn1ccc(C(=O)O)n1. The minimum atomic E-state index is -1.01. The van der Waals surface area contributed by atoms with Crippen molar-refractivity contribution in [1.82, 2.24) is 9.89 Å². The third kappa shape index (κ3) is 2.52. The number of halogens is 1. The highest BCUT2D eigenvalue weighted by atomic mass is 79.9. The molecule has 5 nitrogen and oxygen atoms in total. The van der Waals surface area contributed by atoms with Crippen LogP contribution in [0.3, 0.4) is 0 Å². The van der Waals surface area contributed by atoms with Crippen LogP contribution in [0.15, 0.2) is 41.0 Å². The Hall–Kier alpha value is -1.82. The maximum Gasteiger partial charge on any atom is 0.356 e. The fourth-order valence-electron chi connectivity index (χ4n) is 3.27. The van der Waals surface area contributed by atoms with Crippen molar-refractivity contribution in [2.75, 3.05) is 5.43 Å². The summed E-state index contributed by atoms with van der Waals surface area (Å²) in [5.41, 5.74) is 4.77. The molecule has 2 atom stereocenters. The van der Waals surface area contributed by atoms with Gasteiger partial charge in [0.05, 0.1) is 6.04 Å². The number of carboxylic acids is 1. The van der Waals surface area contributed by atoms with Gasteiger partial charge < -0.3 is 10.5 Å². The molecule has 1 aromatic heterocycles. The lowest BCUT2D eigenvalue weighted by atomic mass is 9.59. The van der Waals surface area contributed by atoms with E-state index in [1.165, 1.54) is 16.4 Å². The van der Waals surface area contributed by atoms with Gasteiger partial charge in [0.1, 0.15) is 0 Å². The van der Waals surface area contributed by atoms with Crippen molar-refractivity contribution in [1.29, 1.82) is 0 Å². The van der Waals surface area contributed by atoms with Gasteiger partial charge in [0.2, 0.25) is 0 Å². The van der Waals surface area contributed by atoms with Gasteiger partial charge in [-0.3, -0.25) is 0 Å². The number of hydrogen-bond donors (Lipinski definition) is 2. The quantitative estimate of drug-likeness (QED) is 0.854. The van der Waals surface area contributed by atoms with Crippen LogP contribution >= 0.6 is 15.9 Å². The van der Waals surface area contributed by atoms with Gasteiger partial charge in [0.15, 0.2) is 5.69 Å². The molecule has 0 amide bonds. The molecule has 0 aliphatic heterocycles. The summed E-state index contributed by atoms with van der Waals surface area (Å²) in [5.74, 6) is -1.01. The molecular weight excluding hydrogens is 346 g/mol. The lowest BCUT2D eigenvalue weighted by molar-refractivity contribution is 0.0689. The lowest BCUT2D eigenvalue weighted by Crippen LogP contribution is -2.55. The first kappa shape index (κ1) is 15.1. The van der Waals surface area contributed by atoms with Gasteiger partial charge in [-0.05, 0) is 43.0 Å². The number of nitrogens with zero attached hydrogens (tertiary/aromatic N) is 2. The highest BCUT2D eigenvalue weighted by Gasteiger charge is 2.47. The van der Waals surface area contributed by atoms with Gasteiger partial charge in [0, 0.05) is 16.1 Å². The number of carbonyl (C=O) groups is 1. The van der Waals surface area contributed by atoms with Crippen LogP contribution in [0.1, 0.15) is 42.2 Å². The normalized spacial score (nSPS) is 23.8. The second-order valence-electron chi connectivity index (χ2n) is 5.69. The van der Waals surface area contributed by atoms with E-state index < -0.39 is 5.97 Å². The average molecular weight is 364 g/mol. The monoisotopic (exact) mass is 363 g/mol. The molecule has 2 N–H and O–H groups in total. The van der Waals surface area contributed by atoms with E-state index in [2.05, 4.69) is 51.6 Å². The molecule has 0 saturated heterocycles. The number of aromatic carboxylic acids is 1.